The van der Waals surface area contributed by atoms with E-state index in [2.05, 4.69) is 25.4 Å². The number of rotatable bonds is 5. The van der Waals surface area contributed by atoms with E-state index in [0.717, 1.165) is 30.9 Å². The molecule has 0 amide bonds. The molecule has 0 fully saturated rings. The SMILES string of the molecule is Cc1ccc2nc(NCCCc3ncc[nH]3)nn2c1. The summed E-state index contributed by atoms with van der Waals surface area (Å²) in [5.41, 5.74) is 2.03. The van der Waals surface area contributed by atoms with Crippen LogP contribution in [0.2, 0.25) is 0 Å². The van der Waals surface area contributed by atoms with Crippen LogP contribution >= 0.6 is 0 Å². The van der Waals surface area contributed by atoms with Crippen LogP contribution in [0.5, 0.6) is 0 Å². The summed E-state index contributed by atoms with van der Waals surface area (Å²) in [5.74, 6) is 1.69. The molecule has 0 aliphatic carbocycles. The molecule has 3 rings (SSSR count). The lowest BCUT2D eigenvalue weighted by Gasteiger charge is -1.99. The van der Waals surface area contributed by atoms with Gasteiger partial charge in [-0.05, 0) is 25.0 Å². The summed E-state index contributed by atoms with van der Waals surface area (Å²) < 4.78 is 1.80. The van der Waals surface area contributed by atoms with Gasteiger partial charge in [-0.2, -0.15) is 4.98 Å². The topological polar surface area (TPSA) is 70.9 Å². The summed E-state index contributed by atoms with van der Waals surface area (Å²) in [6, 6.07) is 4.00. The fourth-order valence-corrected chi connectivity index (χ4v) is 1.95. The van der Waals surface area contributed by atoms with Crippen LogP contribution in [0.1, 0.15) is 17.8 Å². The molecule has 0 saturated carbocycles. The van der Waals surface area contributed by atoms with Crippen LogP contribution < -0.4 is 5.32 Å². The molecule has 98 valence electrons. The molecule has 0 aliphatic rings. The molecule has 6 nitrogen and oxygen atoms in total. The molecule has 0 atom stereocenters. The zero-order chi connectivity index (χ0) is 13.1. The molecular weight excluding hydrogens is 240 g/mol. The molecule has 3 aromatic heterocycles. The van der Waals surface area contributed by atoms with E-state index in [-0.39, 0.29) is 0 Å². The van der Waals surface area contributed by atoms with Crippen LogP contribution in [0.15, 0.2) is 30.7 Å². The second-order valence-electron chi connectivity index (χ2n) is 4.51. The van der Waals surface area contributed by atoms with E-state index in [1.54, 1.807) is 10.7 Å². The van der Waals surface area contributed by atoms with Crippen molar-refractivity contribution in [2.75, 3.05) is 11.9 Å². The molecule has 0 aromatic carbocycles. The molecule has 3 heterocycles. The van der Waals surface area contributed by atoms with Gasteiger partial charge in [0.05, 0.1) is 0 Å². The molecule has 2 N–H and O–H groups in total. The van der Waals surface area contributed by atoms with Crippen molar-refractivity contribution in [1.82, 2.24) is 24.6 Å². The Bertz CT molecular complexity index is 655. The first-order chi connectivity index (χ1) is 9.31. The molecule has 6 heteroatoms. The molecule has 3 aromatic rings. The van der Waals surface area contributed by atoms with Crippen molar-refractivity contribution < 1.29 is 0 Å². The first-order valence-corrected chi connectivity index (χ1v) is 6.36. The number of H-pyrrole nitrogens is 1. The Kier molecular flexibility index (Phi) is 3.14. The maximum Gasteiger partial charge on any atom is 0.243 e. The fourth-order valence-electron chi connectivity index (χ4n) is 1.95. The number of aromatic amines is 1. The number of aromatic nitrogens is 5. The maximum atomic E-state index is 4.41. The Morgan fingerprint density at radius 2 is 2.32 bits per heavy atom. The predicted molar refractivity (Wildman–Crippen MR) is 73.1 cm³/mol. The summed E-state index contributed by atoms with van der Waals surface area (Å²) in [5, 5.41) is 7.61. The first-order valence-electron chi connectivity index (χ1n) is 6.36. The normalized spacial score (nSPS) is 11.0. The number of nitrogens with zero attached hydrogens (tertiary/aromatic N) is 4. The standard InChI is InChI=1S/C13H16N6/c1-10-4-5-12-17-13(18-19(12)9-10)16-6-2-3-11-14-7-8-15-11/h4-5,7-9H,2-3,6H2,1H3,(H,14,15)(H,16,18). The fraction of sp³-hybridized carbons (Fsp3) is 0.308. The number of anilines is 1. The lowest BCUT2D eigenvalue weighted by Crippen LogP contribution is -2.05. The van der Waals surface area contributed by atoms with Gasteiger partial charge in [-0.25, -0.2) is 9.50 Å². The third kappa shape index (κ3) is 2.73. The Morgan fingerprint density at radius 3 is 3.16 bits per heavy atom. The van der Waals surface area contributed by atoms with E-state index in [1.807, 2.05) is 31.5 Å². The largest absolute Gasteiger partial charge is 0.353 e. The Morgan fingerprint density at radius 1 is 1.37 bits per heavy atom. The highest BCUT2D eigenvalue weighted by atomic mass is 15.3. The molecule has 0 spiro atoms. The van der Waals surface area contributed by atoms with Crippen molar-refractivity contribution in [2.45, 2.75) is 19.8 Å². The van der Waals surface area contributed by atoms with E-state index in [0.29, 0.717) is 5.95 Å². The van der Waals surface area contributed by atoms with E-state index < -0.39 is 0 Å². The van der Waals surface area contributed by atoms with Gasteiger partial charge < -0.3 is 10.3 Å². The monoisotopic (exact) mass is 256 g/mol. The molecule has 0 aliphatic heterocycles. The number of pyridine rings is 1. The molecule has 19 heavy (non-hydrogen) atoms. The van der Waals surface area contributed by atoms with Gasteiger partial charge in [0.2, 0.25) is 5.95 Å². The zero-order valence-electron chi connectivity index (χ0n) is 10.8. The van der Waals surface area contributed by atoms with Crippen molar-refractivity contribution in [3.05, 3.63) is 42.1 Å². The Balaban J connectivity index is 1.56. The summed E-state index contributed by atoms with van der Waals surface area (Å²) in [4.78, 5) is 11.7. The van der Waals surface area contributed by atoms with Gasteiger partial charge in [0.25, 0.3) is 0 Å². The third-order valence-corrected chi connectivity index (χ3v) is 2.91. The summed E-state index contributed by atoms with van der Waals surface area (Å²) in [7, 11) is 0. The Hall–Kier alpha value is -2.37. The van der Waals surface area contributed by atoms with E-state index >= 15 is 0 Å². The quantitative estimate of drug-likeness (QED) is 0.683. The minimum absolute atomic E-state index is 0.671. The Labute approximate surface area is 110 Å². The van der Waals surface area contributed by atoms with E-state index in [4.69, 9.17) is 0 Å². The minimum atomic E-state index is 0.671. The van der Waals surface area contributed by atoms with Gasteiger partial charge in [-0.3, -0.25) is 0 Å². The van der Waals surface area contributed by atoms with E-state index in [1.165, 1.54) is 5.56 Å². The minimum Gasteiger partial charge on any atom is -0.353 e. The number of hydrogen-bond acceptors (Lipinski definition) is 4. The van der Waals surface area contributed by atoms with Crippen molar-refractivity contribution in [2.24, 2.45) is 0 Å². The molecule has 0 bridgehead atoms. The smallest absolute Gasteiger partial charge is 0.243 e. The third-order valence-electron chi connectivity index (χ3n) is 2.91. The number of aryl methyl sites for hydroxylation is 2. The van der Waals surface area contributed by atoms with E-state index in [9.17, 15) is 0 Å². The van der Waals surface area contributed by atoms with Crippen LogP contribution in [0.3, 0.4) is 0 Å². The molecule has 0 unspecified atom stereocenters. The van der Waals surface area contributed by atoms with Gasteiger partial charge in [0, 0.05) is 31.6 Å². The van der Waals surface area contributed by atoms with Gasteiger partial charge in [-0.15, -0.1) is 5.10 Å². The van der Waals surface area contributed by atoms with Crippen LogP contribution in [-0.4, -0.2) is 31.1 Å². The second kappa shape index (κ2) is 5.09. The number of hydrogen-bond donors (Lipinski definition) is 2. The molecular formula is C13H16N6. The van der Waals surface area contributed by atoms with Crippen LogP contribution in [0, 0.1) is 6.92 Å². The summed E-state index contributed by atoms with van der Waals surface area (Å²) >= 11 is 0. The van der Waals surface area contributed by atoms with Crippen molar-refractivity contribution in [3.8, 4) is 0 Å². The van der Waals surface area contributed by atoms with Gasteiger partial charge >= 0.3 is 0 Å². The average molecular weight is 256 g/mol. The highest BCUT2D eigenvalue weighted by Gasteiger charge is 2.02. The van der Waals surface area contributed by atoms with Crippen molar-refractivity contribution in [1.29, 1.82) is 0 Å². The summed E-state index contributed by atoms with van der Waals surface area (Å²) in [6.07, 6.45) is 7.49. The summed E-state index contributed by atoms with van der Waals surface area (Å²) in [6.45, 7) is 2.87. The van der Waals surface area contributed by atoms with Gasteiger partial charge in [0.1, 0.15) is 5.82 Å². The second-order valence-corrected chi connectivity index (χ2v) is 4.51. The van der Waals surface area contributed by atoms with Crippen LogP contribution in [-0.2, 0) is 6.42 Å². The van der Waals surface area contributed by atoms with Crippen molar-refractivity contribution >= 4 is 11.6 Å². The maximum absolute atomic E-state index is 4.41. The lowest BCUT2D eigenvalue weighted by molar-refractivity contribution is 0.809. The highest BCUT2D eigenvalue weighted by molar-refractivity contribution is 5.43. The highest BCUT2D eigenvalue weighted by Crippen LogP contribution is 2.07. The predicted octanol–water partition coefficient (Wildman–Crippen LogP) is 1.81. The zero-order valence-corrected chi connectivity index (χ0v) is 10.8. The number of imidazole rings is 1. The van der Waals surface area contributed by atoms with Crippen LogP contribution in [0.4, 0.5) is 5.95 Å². The van der Waals surface area contributed by atoms with Crippen molar-refractivity contribution in [3.63, 3.8) is 0 Å². The lowest BCUT2D eigenvalue weighted by atomic mass is 10.3. The first kappa shape index (κ1) is 11.7. The molecule has 0 saturated heterocycles. The van der Waals surface area contributed by atoms with Gasteiger partial charge in [0.15, 0.2) is 5.65 Å². The number of fused-ring (bicyclic) bond motifs is 1. The number of nitrogens with one attached hydrogen (secondary N) is 2. The van der Waals surface area contributed by atoms with Crippen LogP contribution in [0.25, 0.3) is 5.65 Å². The average Bonchev–Trinajstić information content (AvgIpc) is 3.02. The van der Waals surface area contributed by atoms with Gasteiger partial charge in [-0.1, -0.05) is 6.07 Å². The molecule has 0 radical (unpaired) electrons.